The van der Waals surface area contributed by atoms with Crippen LogP contribution in [0.15, 0.2) is 24.3 Å². The molecule has 2 N–H and O–H groups in total. The van der Waals surface area contributed by atoms with Crippen LogP contribution in [0.1, 0.15) is 37.4 Å². The number of carbonyl (C=O) groups excluding carboxylic acids is 1. The molecule has 0 bridgehead atoms. The van der Waals surface area contributed by atoms with Crippen LogP contribution in [0.2, 0.25) is 0 Å². The molecule has 0 spiro atoms. The summed E-state index contributed by atoms with van der Waals surface area (Å²) in [6.07, 6.45) is 1.53. The highest BCUT2D eigenvalue weighted by molar-refractivity contribution is 5.85. The molecular weight excluding hydrogens is 252 g/mol. The minimum Gasteiger partial charge on any atom is -0.369 e. The summed E-state index contributed by atoms with van der Waals surface area (Å²) in [4.78, 5) is 14.7. The first-order valence-electron chi connectivity index (χ1n) is 7.21. The molecule has 0 aromatic heterocycles. The second-order valence-electron chi connectivity index (χ2n) is 5.49. The van der Waals surface area contributed by atoms with E-state index in [9.17, 15) is 4.79 Å². The van der Waals surface area contributed by atoms with Crippen LogP contribution in [0.25, 0.3) is 0 Å². The molecule has 1 amide bonds. The fourth-order valence-electron chi connectivity index (χ4n) is 2.84. The van der Waals surface area contributed by atoms with Gasteiger partial charge in [-0.2, -0.15) is 0 Å². The van der Waals surface area contributed by atoms with Crippen LogP contribution in [0, 0.1) is 0 Å². The Kier molecular flexibility index (Phi) is 4.45. The molecule has 0 radical (unpaired) electrons. The number of fused-ring (bicyclic) bond motifs is 1. The van der Waals surface area contributed by atoms with Crippen molar-refractivity contribution in [2.75, 3.05) is 20.2 Å². The molecule has 0 aliphatic carbocycles. The summed E-state index contributed by atoms with van der Waals surface area (Å²) in [5.41, 5.74) is 7.64. The maximum absolute atomic E-state index is 12.8. The summed E-state index contributed by atoms with van der Waals surface area (Å²) in [6, 6.07) is 8.19. The van der Waals surface area contributed by atoms with E-state index in [1.807, 2.05) is 30.9 Å². The van der Waals surface area contributed by atoms with Crippen molar-refractivity contribution in [3.63, 3.8) is 0 Å². The van der Waals surface area contributed by atoms with E-state index >= 15 is 0 Å². The molecule has 1 aliphatic rings. The number of nitrogens with two attached hydrogens (primary N) is 1. The first-order valence-corrected chi connectivity index (χ1v) is 7.21. The van der Waals surface area contributed by atoms with Gasteiger partial charge in [-0.1, -0.05) is 31.2 Å². The third kappa shape index (κ3) is 2.45. The number of carbonyl (C=O) groups is 1. The van der Waals surface area contributed by atoms with Crippen molar-refractivity contribution in [1.82, 2.24) is 4.90 Å². The van der Waals surface area contributed by atoms with Crippen LogP contribution in [0.5, 0.6) is 0 Å². The second-order valence-corrected chi connectivity index (χ2v) is 5.49. The van der Waals surface area contributed by atoms with Gasteiger partial charge in [-0.3, -0.25) is 4.79 Å². The Morgan fingerprint density at radius 3 is 2.80 bits per heavy atom. The zero-order valence-electron chi connectivity index (χ0n) is 12.6. The van der Waals surface area contributed by atoms with Crippen molar-refractivity contribution in [2.24, 2.45) is 5.73 Å². The molecular formula is C16H24N2O2. The summed E-state index contributed by atoms with van der Waals surface area (Å²) in [5.74, 6) is 0.0347. The van der Waals surface area contributed by atoms with E-state index in [4.69, 9.17) is 10.5 Å². The third-order valence-electron chi connectivity index (χ3n) is 4.47. The van der Waals surface area contributed by atoms with Gasteiger partial charge >= 0.3 is 0 Å². The predicted octanol–water partition coefficient (Wildman–Crippen LogP) is 1.89. The lowest BCUT2D eigenvalue weighted by Crippen LogP contribution is -2.52. The molecule has 0 saturated carbocycles. The molecule has 4 heteroatoms. The van der Waals surface area contributed by atoms with Crippen LogP contribution in [-0.2, 0) is 16.0 Å². The Balaban J connectivity index is 2.33. The quantitative estimate of drug-likeness (QED) is 0.913. The Labute approximate surface area is 120 Å². The van der Waals surface area contributed by atoms with Crippen LogP contribution in [0.4, 0.5) is 0 Å². The molecule has 2 unspecified atom stereocenters. The number of ether oxygens (including phenoxy) is 1. The van der Waals surface area contributed by atoms with Gasteiger partial charge in [0.2, 0.25) is 0 Å². The molecule has 0 saturated heterocycles. The average Bonchev–Trinajstić information content (AvgIpc) is 2.52. The van der Waals surface area contributed by atoms with Crippen LogP contribution >= 0.6 is 0 Å². The second kappa shape index (κ2) is 5.94. The molecule has 110 valence electrons. The lowest BCUT2D eigenvalue weighted by molar-refractivity contribution is -0.156. The Hall–Kier alpha value is -1.39. The lowest BCUT2D eigenvalue weighted by atomic mass is 9.90. The molecule has 1 aromatic rings. The van der Waals surface area contributed by atoms with Crippen molar-refractivity contribution in [3.05, 3.63) is 35.4 Å². The fraction of sp³-hybridized carbons (Fsp3) is 0.562. The zero-order chi connectivity index (χ0) is 14.8. The summed E-state index contributed by atoms with van der Waals surface area (Å²) >= 11 is 0. The molecule has 2 rings (SSSR count). The van der Waals surface area contributed by atoms with Crippen molar-refractivity contribution >= 4 is 5.91 Å². The summed E-state index contributed by atoms with van der Waals surface area (Å²) in [7, 11) is 1.59. The monoisotopic (exact) mass is 276 g/mol. The minimum atomic E-state index is -0.764. The number of benzene rings is 1. The molecule has 1 aromatic carbocycles. The van der Waals surface area contributed by atoms with Crippen LogP contribution in [0.3, 0.4) is 0 Å². The van der Waals surface area contributed by atoms with Crippen molar-refractivity contribution in [3.8, 4) is 0 Å². The van der Waals surface area contributed by atoms with E-state index in [0.29, 0.717) is 19.5 Å². The summed E-state index contributed by atoms with van der Waals surface area (Å²) in [6.45, 7) is 4.96. The molecule has 1 aliphatic heterocycles. The minimum absolute atomic E-state index is 0.0347. The van der Waals surface area contributed by atoms with E-state index in [1.165, 1.54) is 11.1 Å². The van der Waals surface area contributed by atoms with Gasteiger partial charge in [0, 0.05) is 20.2 Å². The van der Waals surface area contributed by atoms with E-state index in [1.54, 1.807) is 7.11 Å². The first kappa shape index (κ1) is 15.0. The molecule has 20 heavy (non-hydrogen) atoms. The first-order chi connectivity index (χ1) is 9.57. The maximum atomic E-state index is 12.8. The van der Waals surface area contributed by atoms with Crippen LogP contribution < -0.4 is 5.73 Å². The van der Waals surface area contributed by atoms with E-state index < -0.39 is 5.60 Å². The number of amides is 1. The highest BCUT2D eigenvalue weighted by Gasteiger charge is 2.39. The number of methoxy groups -OCH3 is 1. The summed E-state index contributed by atoms with van der Waals surface area (Å²) in [5, 5.41) is 0. The van der Waals surface area contributed by atoms with Gasteiger partial charge in [0.25, 0.3) is 5.91 Å². The Morgan fingerprint density at radius 1 is 1.50 bits per heavy atom. The van der Waals surface area contributed by atoms with Gasteiger partial charge in [0.1, 0.15) is 5.60 Å². The van der Waals surface area contributed by atoms with Gasteiger partial charge in [-0.25, -0.2) is 0 Å². The Bertz CT molecular complexity index is 483. The van der Waals surface area contributed by atoms with E-state index in [2.05, 4.69) is 12.1 Å². The van der Waals surface area contributed by atoms with Gasteiger partial charge in [-0.15, -0.1) is 0 Å². The predicted molar refractivity (Wildman–Crippen MR) is 79.4 cm³/mol. The van der Waals surface area contributed by atoms with Gasteiger partial charge in [0.05, 0.1) is 6.04 Å². The van der Waals surface area contributed by atoms with Gasteiger partial charge < -0.3 is 15.4 Å². The Morgan fingerprint density at radius 2 is 2.20 bits per heavy atom. The van der Waals surface area contributed by atoms with Gasteiger partial charge in [-0.05, 0) is 30.9 Å². The smallest absolute Gasteiger partial charge is 0.255 e. The number of nitrogens with zero attached hydrogens (tertiary/aromatic N) is 1. The van der Waals surface area contributed by atoms with Crippen molar-refractivity contribution in [2.45, 2.75) is 38.3 Å². The third-order valence-corrected chi connectivity index (χ3v) is 4.47. The van der Waals surface area contributed by atoms with Gasteiger partial charge in [0.15, 0.2) is 0 Å². The highest BCUT2D eigenvalue weighted by atomic mass is 16.5. The fourth-order valence-corrected chi connectivity index (χ4v) is 2.84. The molecule has 4 nitrogen and oxygen atoms in total. The van der Waals surface area contributed by atoms with Crippen molar-refractivity contribution in [1.29, 1.82) is 0 Å². The molecule has 2 atom stereocenters. The topological polar surface area (TPSA) is 55.6 Å². The summed E-state index contributed by atoms with van der Waals surface area (Å²) < 4.78 is 5.45. The molecule has 0 fully saturated rings. The SMILES string of the molecule is CCC(C)(OC)C(=O)N1CCc2ccccc2C1CN. The maximum Gasteiger partial charge on any atom is 0.255 e. The van der Waals surface area contributed by atoms with Crippen molar-refractivity contribution < 1.29 is 9.53 Å². The largest absolute Gasteiger partial charge is 0.369 e. The lowest BCUT2D eigenvalue weighted by Gasteiger charge is -2.41. The standard InChI is InChI=1S/C16H24N2O2/c1-4-16(2,20-3)15(19)18-10-9-12-7-5-6-8-13(12)14(18)11-17/h5-8,14H,4,9-11,17H2,1-3H3. The molecule has 1 heterocycles. The number of hydrogen-bond donors (Lipinski definition) is 1. The van der Waals surface area contributed by atoms with Crippen LogP contribution in [-0.4, -0.2) is 36.6 Å². The highest BCUT2D eigenvalue weighted by Crippen LogP contribution is 2.32. The number of rotatable bonds is 4. The number of hydrogen-bond acceptors (Lipinski definition) is 3. The zero-order valence-corrected chi connectivity index (χ0v) is 12.6. The normalized spacial score (nSPS) is 21.2. The van der Waals surface area contributed by atoms with E-state index in [-0.39, 0.29) is 11.9 Å². The van der Waals surface area contributed by atoms with E-state index in [0.717, 1.165) is 6.42 Å². The average molecular weight is 276 g/mol.